The van der Waals surface area contributed by atoms with Gasteiger partial charge in [0.15, 0.2) is 9.84 Å². The van der Waals surface area contributed by atoms with Crippen LogP contribution < -0.4 is 11.1 Å². The molecule has 0 saturated heterocycles. The molecule has 112 valence electrons. The molecule has 0 heterocycles. The zero-order valence-corrected chi connectivity index (χ0v) is 13.9. The van der Waals surface area contributed by atoms with Crippen LogP contribution in [0.3, 0.4) is 0 Å². The Balaban J connectivity index is 2.63. The number of benzene rings is 1. The molecule has 0 aliphatic heterocycles. The van der Waals surface area contributed by atoms with E-state index in [4.69, 9.17) is 5.73 Å². The Morgan fingerprint density at radius 2 is 2.05 bits per heavy atom. The lowest BCUT2D eigenvalue weighted by Gasteiger charge is -2.09. The topological polar surface area (TPSA) is 89.3 Å². The minimum atomic E-state index is -3.37. The molecule has 0 aliphatic rings. The van der Waals surface area contributed by atoms with Crippen LogP contribution in [-0.4, -0.2) is 25.8 Å². The molecule has 7 heteroatoms. The molecule has 20 heavy (non-hydrogen) atoms. The van der Waals surface area contributed by atoms with Crippen LogP contribution in [-0.2, 0) is 14.6 Å². The molecule has 0 unspecified atom stereocenters. The summed E-state index contributed by atoms with van der Waals surface area (Å²) in [5.41, 5.74) is 6.65. The molecule has 3 N–H and O–H groups in total. The summed E-state index contributed by atoms with van der Waals surface area (Å²) in [5.74, 6) is -0.726. The normalized spacial score (nSPS) is 11.6. The average Bonchev–Trinajstić information content (AvgIpc) is 2.30. The molecule has 0 atom stereocenters. The maximum Gasteiger partial charge on any atom is 0.239 e. The van der Waals surface area contributed by atoms with E-state index in [-0.39, 0.29) is 5.75 Å². The fourth-order valence-electron chi connectivity index (χ4n) is 1.51. The van der Waals surface area contributed by atoms with Gasteiger partial charge in [0.25, 0.3) is 0 Å². The minimum Gasteiger partial charge on any atom is -0.399 e. The SMILES string of the molecule is CC(C)CCS(=O)(=O)CC(=O)Nc1ccc(N)cc1Br. The molecule has 0 aromatic heterocycles. The fraction of sp³-hybridized carbons (Fsp3) is 0.462. The molecular weight excluding hydrogens is 344 g/mol. The molecular formula is C13H19BrN2O3S. The Bertz CT molecular complexity index is 585. The third-order valence-corrected chi connectivity index (χ3v) is 4.84. The molecule has 1 amide bonds. The van der Waals surface area contributed by atoms with Gasteiger partial charge in [-0.05, 0) is 46.5 Å². The predicted molar refractivity (Wildman–Crippen MR) is 85.3 cm³/mol. The van der Waals surface area contributed by atoms with Crippen molar-refractivity contribution in [3.63, 3.8) is 0 Å². The maximum atomic E-state index is 11.8. The lowest BCUT2D eigenvalue weighted by molar-refractivity contribution is -0.113. The van der Waals surface area contributed by atoms with E-state index in [0.717, 1.165) is 0 Å². The van der Waals surface area contributed by atoms with Crippen molar-refractivity contribution in [2.75, 3.05) is 22.6 Å². The Morgan fingerprint density at radius 1 is 1.40 bits per heavy atom. The van der Waals surface area contributed by atoms with E-state index < -0.39 is 21.5 Å². The molecule has 0 saturated carbocycles. The van der Waals surface area contributed by atoms with E-state index in [1.54, 1.807) is 18.2 Å². The minimum absolute atomic E-state index is 0.0288. The van der Waals surface area contributed by atoms with Crippen molar-refractivity contribution >= 4 is 43.0 Å². The van der Waals surface area contributed by atoms with Gasteiger partial charge < -0.3 is 11.1 Å². The van der Waals surface area contributed by atoms with Gasteiger partial charge in [0, 0.05) is 10.2 Å². The van der Waals surface area contributed by atoms with E-state index in [0.29, 0.717) is 28.2 Å². The van der Waals surface area contributed by atoms with E-state index in [2.05, 4.69) is 21.2 Å². The van der Waals surface area contributed by atoms with Crippen molar-refractivity contribution in [1.82, 2.24) is 0 Å². The van der Waals surface area contributed by atoms with Crippen LogP contribution in [0.2, 0.25) is 0 Å². The molecule has 5 nitrogen and oxygen atoms in total. The van der Waals surface area contributed by atoms with Gasteiger partial charge in [0.2, 0.25) is 5.91 Å². The second-order valence-corrected chi connectivity index (χ2v) is 8.10. The van der Waals surface area contributed by atoms with E-state index >= 15 is 0 Å². The lowest BCUT2D eigenvalue weighted by Crippen LogP contribution is -2.25. The Hall–Kier alpha value is -1.08. The van der Waals surface area contributed by atoms with Gasteiger partial charge in [-0.1, -0.05) is 13.8 Å². The van der Waals surface area contributed by atoms with Crippen molar-refractivity contribution in [2.24, 2.45) is 5.92 Å². The van der Waals surface area contributed by atoms with E-state index in [9.17, 15) is 13.2 Å². The molecule has 0 bridgehead atoms. The van der Waals surface area contributed by atoms with Gasteiger partial charge in [-0.3, -0.25) is 4.79 Å². The van der Waals surface area contributed by atoms with Gasteiger partial charge in [0.1, 0.15) is 5.75 Å². The van der Waals surface area contributed by atoms with E-state index in [1.807, 2.05) is 13.8 Å². The zero-order chi connectivity index (χ0) is 15.3. The van der Waals surface area contributed by atoms with Gasteiger partial charge in [0.05, 0.1) is 11.4 Å². The van der Waals surface area contributed by atoms with Crippen LogP contribution >= 0.6 is 15.9 Å². The predicted octanol–water partition coefficient (Wildman–Crippen LogP) is 2.43. The fourth-order valence-corrected chi connectivity index (χ4v) is 3.45. The Morgan fingerprint density at radius 3 is 2.60 bits per heavy atom. The number of hydrogen-bond acceptors (Lipinski definition) is 4. The summed E-state index contributed by atoms with van der Waals surface area (Å²) in [6.45, 7) is 3.89. The van der Waals surface area contributed by atoms with Crippen LogP contribution in [0.4, 0.5) is 11.4 Å². The summed E-state index contributed by atoms with van der Waals surface area (Å²) in [5, 5.41) is 2.56. The molecule has 1 aromatic carbocycles. The van der Waals surface area contributed by atoms with Crippen LogP contribution in [0.1, 0.15) is 20.3 Å². The van der Waals surface area contributed by atoms with Crippen molar-refractivity contribution in [3.8, 4) is 0 Å². The second kappa shape index (κ2) is 7.08. The molecule has 1 aromatic rings. The van der Waals surface area contributed by atoms with E-state index in [1.165, 1.54) is 0 Å². The van der Waals surface area contributed by atoms with Gasteiger partial charge in [-0.2, -0.15) is 0 Å². The molecule has 1 rings (SSSR count). The highest BCUT2D eigenvalue weighted by Crippen LogP contribution is 2.24. The maximum absolute atomic E-state index is 11.8. The monoisotopic (exact) mass is 362 g/mol. The van der Waals surface area contributed by atoms with Crippen LogP contribution in [0.5, 0.6) is 0 Å². The van der Waals surface area contributed by atoms with Crippen molar-refractivity contribution in [2.45, 2.75) is 20.3 Å². The van der Waals surface area contributed by atoms with Gasteiger partial charge >= 0.3 is 0 Å². The van der Waals surface area contributed by atoms with Gasteiger partial charge in [-0.15, -0.1) is 0 Å². The summed E-state index contributed by atoms with van der Waals surface area (Å²) in [7, 11) is -3.37. The number of nitrogen functional groups attached to an aromatic ring is 1. The number of rotatable bonds is 6. The van der Waals surface area contributed by atoms with Crippen molar-refractivity contribution in [1.29, 1.82) is 0 Å². The first-order valence-electron chi connectivity index (χ1n) is 6.25. The first-order valence-corrected chi connectivity index (χ1v) is 8.86. The number of anilines is 2. The summed E-state index contributed by atoms with van der Waals surface area (Å²) >= 11 is 3.26. The number of hydrogen-bond donors (Lipinski definition) is 2. The van der Waals surface area contributed by atoms with Crippen molar-refractivity contribution < 1.29 is 13.2 Å². The molecule has 0 aliphatic carbocycles. The molecule has 0 fully saturated rings. The van der Waals surface area contributed by atoms with Crippen LogP contribution in [0.25, 0.3) is 0 Å². The Kier molecular flexibility index (Phi) is 6.01. The summed E-state index contributed by atoms with van der Waals surface area (Å²) < 4.78 is 24.2. The van der Waals surface area contributed by atoms with Crippen LogP contribution in [0, 0.1) is 5.92 Å². The van der Waals surface area contributed by atoms with Crippen LogP contribution in [0.15, 0.2) is 22.7 Å². The first-order chi connectivity index (χ1) is 9.19. The standard InChI is InChI=1S/C13H19BrN2O3S/c1-9(2)5-6-20(18,19)8-13(17)16-12-4-3-10(15)7-11(12)14/h3-4,7,9H,5-6,8,15H2,1-2H3,(H,16,17). The summed E-state index contributed by atoms with van der Waals surface area (Å²) in [6, 6.07) is 4.90. The highest BCUT2D eigenvalue weighted by atomic mass is 79.9. The number of sulfone groups is 1. The number of amides is 1. The number of halogens is 1. The number of carbonyl (C=O) groups excluding carboxylic acids is 1. The number of carbonyl (C=O) groups is 1. The lowest BCUT2D eigenvalue weighted by atomic mass is 10.2. The zero-order valence-electron chi connectivity index (χ0n) is 11.5. The molecule has 0 spiro atoms. The summed E-state index contributed by atoms with van der Waals surface area (Å²) in [6.07, 6.45) is 0.557. The number of nitrogens with one attached hydrogen (secondary N) is 1. The smallest absolute Gasteiger partial charge is 0.239 e. The number of nitrogens with two attached hydrogens (primary N) is 1. The second-order valence-electron chi connectivity index (χ2n) is 5.06. The third-order valence-electron chi connectivity index (χ3n) is 2.62. The van der Waals surface area contributed by atoms with Crippen molar-refractivity contribution in [3.05, 3.63) is 22.7 Å². The highest BCUT2D eigenvalue weighted by Gasteiger charge is 2.17. The average molecular weight is 363 g/mol. The third kappa shape index (κ3) is 5.92. The quantitative estimate of drug-likeness (QED) is 0.760. The Labute approximate surface area is 128 Å². The first kappa shape index (κ1) is 17.0. The van der Waals surface area contributed by atoms with Gasteiger partial charge in [-0.25, -0.2) is 8.42 Å². The largest absolute Gasteiger partial charge is 0.399 e. The summed E-state index contributed by atoms with van der Waals surface area (Å²) in [4.78, 5) is 11.8. The highest BCUT2D eigenvalue weighted by molar-refractivity contribution is 9.10. The molecule has 0 radical (unpaired) electrons.